The molecule has 0 amide bonds. The molecule has 2 heterocycles. The number of nitrogens with zero attached hydrogens (tertiary/aromatic N) is 2. The maximum absolute atomic E-state index is 13.6. The van der Waals surface area contributed by atoms with E-state index < -0.39 is 5.92 Å². The van der Waals surface area contributed by atoms with Crippen molar-refractivity contribution < 1.29 is 24.1 Å². The van der Waals surface area contributed by atoms with Crippen LogP contribution in [0.25, 0.3) is 0 Å². The van der Waals surface area contributed by atoms with Crippen molar-refractivity contribution >= 4 is 0 Å². The van der Waals surface area contributed by atoms with Crippen molar-refractivity contribution in [3.8, 4) is 29.1 Å². The number of fused-ring (bicyclic) bond motifs is 1. The smallest absolute Gasteiger partial charge is 0.258 e. The average Bonchev–Trinajstić information content (AvgIpc) is 2.79. The van der Waals surface area contributed by atoms with Gasteiger partial charge in [-0.3, -0.25) is 4.79 Å². The number of methoxy groups -OCH3 is 3. The molecule has 9 heteroatoms. The number of aliphatic hydroxyl groups is 1. The van der Waals surface area contributed by atoms with Crippen molar-refractivity contribution in [1.29, 1.82) is 5.26 Å². The van der Waals surface area contributed by atoms with Gasteiger partial charge in [0.1, 0.15) is 17.4 Å². The molecule has 0 saturated carbocycles. The average molecular weight is 441 g/mol. The second-order valence-corrected chi connectivity index (χ2v) is 7.19. The van der Waals surface area contributed by atoms with Gasteiger partial charge in [0.05, 0.1) is 39.4 Å². The number of allylic oxidation sites excluding steroid dienone is 1. The van der Waals surface area contributed by atoms with Gasteiger partial charge >= 0.3 is 0 Å². The van der Waals surface area contributed by atoms with Crippen LogP contribution in [-0.4, -0.2) is 37.6 Å². The lowest BCUT2D eigenvalue weighted by molar-refractivity contribution is 0.271. The van der Waals surface area contributed by atoms with Crippen molar-refractivity contribution in [2.75, 3.05) is 27.9 Å². The first-order valence-electron chi connectivity index (χ1n) is 10.2. The van der Waals surface area contributed by atoms with Gasteiger partial charge in [-0.05, 0) is 12.5 Å². The Labute approximate surface area is 186 Å². The van der Waals surface area contributed by atoms with E-state index in [-0.39, 0.29) is 41.5 Å². The molecule has 0 spiro atoms. The van der Waals surface area contributed by atoms with Crippen LogP contribution in [0, 0.1) is 11.3 Å². The van der Waals surface area contributed by atoms with Crippen LogP contribution in [0.3, 0.4) is 0 Å². The van der Waals surface area contributed by atoms with Gasteiger partial charge in [0.2, 0.25) is 11.6 Å². The fraction of sp³-hybridized carbons (Fsp3) is 0.391. The standard InChI is InChI=1S/C23H27N3O6/c1-5-6-13-11-17-19(23(28)26(13)9-10-27)18(15(12-24)22(25)32-17)14-7-8-16(29-2)21(31-4)20(14)30-3/h7-8,11,18,27H,5-6,9-10,25H2,1-4H3. The normalized spacial score (nSPS) is 14.9. The summed E-state index contributed by atoms with van der Waals surface area (Å²) in [5.41, 5.74) is 7.30. The van der Waals surface area contributed by atoms with E-state index in [9.17, 15) is 15.2 Å². The zero-order valence-corrected chi connectivity index (χ0v) is 18.6. The number of ether oxygens (including phenoxy) is 4. The van der Waals surface area contributed by atoms with E-state index in [0.717, 1.165) is 12.1 Å². The van der Waals surface area contributed by atoms with Gasteiger partial charge in [0, 0.05) is 23.9 Å². The third-order valence-electron chi connectivity index (χ3n) is 5.44. The van der Waals surface area contributed by atoms with Crippen LogP contribution in [0.4, 0.5) is 0 Å². The van der Waals surface area contributed by atoms with Gasteiger partial charge in [-0.1, -0.05) is 19.4 Å². The van der Waals surface area contributed by atoms with Crippen molar-refractivity contribution in [1.82, 2.24) is 4.57 Å². The molecule has 0 radical (unpaired) electrons. The van der Waals surface area contributed by atoms with E-state index in [1.807, 2.05) is 6.92 Å². The van der Waals surface area contributed by atoms with Crippen LogP contribution >= 0.6 is 0 Å². The molecule has 1 atom stereocenters. The molecule has 2 aromatic rings. The van der Waals surface area contributed by atoms with Crippen LogP contribution < -0.4 is 30.2 Å². The fourth-order valence-corrected chi connectivity index (χ4v) is 4.09. The molecule has 1 aromatic heterocycles. The number of aliphatic hydroxyl groups excluding tert-OH is 1. The summed E-state index contributed by atoms with van der Waals surface area (Å²) in [6.45, 7) is 1.91. The van der Waals surface area contributed by atoms with Crippen molar-refractivity contribution in [2.24, 2.45) is 5.73 Å². The number of aryl methyl sites for hydroxylation is 1. The second kappa shape index (κ2) is 9.66. The first kappa shape index (κ1) is 23.0. The summed E-state index contributed by atoms with van der Waals surface area (Å²) in [6, 6.07) is 7.21. The number of pyridine rings is 1. The Balaban J connectivity index is 2.39. The SMILES string of the molecule is CCCc1cc2c(c(=O)n1CCO)C(c1ccc(OC)c(OC)c1OC)C(C#N)=C(N)O2. The number of hydrogen-bond acceptors (Lipinski definition) is 8. The molecule has 0 aliphatic carbocycles. The van der Waals surface area contributed by atoms with Gasteiger partial charge in [0.25, 0.3) is 5.56 Å². The Morgan fingerprint density at radius 2 is 1.94 bits per heavy atom. The molecule has 1 aromatic carbocycles. The highest BCUT2D eigenvalue weighted by Crippen LogP contribution is 2.49. The fourth-order valence-electron chi connectivity index (χ4n) is 4.09. The van der Waals surface area contributed by atoms with Crippen LogP contribution in [0.1, 0.15) is 36.1 Å². The van der Waals surface area contributed by atoms with E-state index in [2.05, 4.69) is 6.07 Å². The number of hydrogen-bond donors (Lipinski definition) is 2. The lowest BCUT2D eigenvalue weighted by Gasteiger charge is -2.29. The number of aromatic nitrogens is 1. The minimum atomic E-state index is -0.855. The van der Waals surface area contributed by atoms with Crippen LogP contribution in [0.5, 0.6) is 23.0 Å². The van der Waals surface area contributed by atoms with Gasteiger partial charge in [-0.2, -0.15) is 5.26 Å². The first-order chi connectivity index (χ1) is 15.5. The molecule has 0 fully saturated rings. The summed E-state index contributed by atoms with van der Waals surface area (Å²) in [7, 11) is 4.44. The minimum absolute atomic E-state index is 0.0800. The third-order valence-corrected chi connectivity index (χ3v) is 5.44. The summed E-state index contributed by atoms with van der Waals surface area (Å²) in [5.74, 6) is 0.429. The van der Waals surface area contributed by atoms with E-state index >= 15 is 0 Å². The van der Waals surface area contributed by atoms with E-state index in [1.54, 1.807) is 18.2 Å². The maximum atomic E-state index is 13.6. The highest BCUT2D eigenvalue weighted by Gasteiger charge is 2.37. The molecular formula is C23H27N3O6. The van der Waals surface area contributed by atoms with E-state index in [1.165, 1.54) is 25.9 Å². The predicted octanol–water partition coefficient (Wildman–Crippen LogP) is 2.04. The molecule has 3 rings (SSSR count). The van der Waals surface area contributed by atoms with Crippen LogP contribution in [0.2, 0.25) is 0 Å². The molecule has 9 nitrogen and oxygen atoms in total. The quantitative estimate of drug-likeness (QED) is 0.637. The van der Waals surface area contributed by atoms with E-state index in [0.29, 0.717) is 29.2 Å². The maximum Gasteiger partial charge on any atom is 0.258 e. The molecule has 3 N–H and O–H groups in total. The van der Waals surface area contributed by atoms with Gasteiger partial charge in [-0.25, -0.2) is 0 Å². The lowest BCUT2D eigenvalue weighted by atomic mass is 9.83. The van der Waals surface area contributed by atoms with Gasteiger partial charge in [-0.15, -0.1) is 0 Å². The van der Waals surface area contributed by atoms with Crippen molar-refractivity contribution in [3.05, 3.63) is 56.8 Å². The molecule has 170 valence electrons. The minimum Gasteiger partial charge on any atom is -0.493 e. The Morgan fingerprint density at radius 3 is 2.50 bits per heavy atom. The highest BCUT2D eigenvalue weighted by molar-refractivity contribution is 5.64. The zero-order chi connectivity index (χ0) is 23.4. The monoisotopic (exact) mass is 441 g/mol. The molecule has 0 bridgehead atoms. The van der Waals surface area contributed by atoms with Crippen LogP contribution in [0.15, 0.2) is 34.4 Å². The lowest BCUT2D eigenvalue weighted by Crippen LogP contribution is -2.34. The molecule has 32 heavy (non-hydrogen) atoms. The second-order valence-electron chi connectivity index (χ2n) is 7.19. The Kier molecular flexibility index (Phi) is 6.95. The zero-order valence-electron chi connectivity index (χ0n) is 18.6. The van der Waals surface area contributed by atoms with Crippen LogP contribution in [-0.2, 0) is 13.0 Å². The third kappa shape index (κ3) is 3.74. The molecule has 1 aliphatic rings. The summed E-state index contributed by atoms with van der Waals surface area (Å²) >= 11 is 0. The van der Waals surface area contributed by atoms with E-state index in [4.69, 9.17) is 24.7 Å². The Morgan fingerprint density at radius 1 is 1.22 bits per heavy atom. The predicted molar refractivity (Wildman–Crippen MR) is 117 cm³/mol. The topological polar surface area (TPSA) is 129 Å². The summed E-state index contributed by atoms with van der Waals surface area (Å²) < 4.78 is 23.7. The summed E-state index contributed by atoms with van der Waals surface area (Å²) in [5, 5.41) is 19.4. The molecular weight excluding hydrogens is 414 g/mol. The number of rotatable bonds is 8. The highest BCUT2D eigenvalue weighted by atomic mass is 16.5. The number of benzene rings is 1. The summed E-state index contributed by atoms with van der Waals surface area (Å²) in [4.78, 5) is 13.6. The summed E-state index contributed by atoms with van der Waals surface area (Å²) in [6.07, 6.45) is 1.41. The Bertz CT molecular complexity index is 1150. The Hall–Kier alpha value is -3.64. The van der Waals surface area contributed by atoms with Crippen molar-refractivity contribution in [3.63, 3.8) is 0 Å². The van der Waals surface area contributed by atoms with Crippen molar-refractivity contribution in [2.45, 2.75) is 32.2 Å². The molecule has 0 saturated heterocycles. The van der Waals surface area contributed by atoms with Gasteiger partial charge < -0.3 is 34.4 Å². The molecule has 1 unspecified atom stereocenters. The van der Waals surface area contributed by atoms with Gasteiger partial charge in [0.15, 0.2) is 11.5 Å². The number of nitriles is 1. The first-order valence-corrected chi connectivity index (χ1v) is 10.2. The molecule has 1 aliphatic heterocycles. The number of nitrogens with two attached hydrogens (primary N) is 1. The largest absolute Gasteiger partial charge is 0.493 e.